The first-order valence-electron chi connectivity index (χ1n) is 5.36. The normalized spacial score (nSPS) is 20.6. The molecule has 4 nitrogen and oxygen atoms in total. The molecule has 1 aliphatic rings. The molecule has 1 amide bonds. The maximum Gasteiger partial charge on any atom is 0.251 e. The Kier molecular flexibility index (Phi) is 4.33. The first kappa shape index (κ1) is 11.6. The lowest BCUT2D eigenvalue weighted by molar-refractivity contribution is -0.147. The van der Waals surface area contributed by atoms with Crippen LogP contribution < -0.4 is 5.32 Å². The second-order valence-corrected chi connectivity index (χ2v) is 4.59. The van der Waals surface area contributed by atoms with E-state index in [1.807, 2.05) is 11.4 Å². The van der Waals surface area contributed by atoms with E-state index in [4.69, 9.17) is 9.47 Å². The fourth-order valence-electron chi connectivity index (χ4n) is 1.52. The van der Waals surface area contributed by atoms with Gasteiger partial charge in [0.25, 0.3) is 5.91 Å². The van der Waals surface area contributed by atoms with E-state index in [0.29, 0.717) is 26.4 Å². The maximum absolute atomic E-state index is 11.6. The van der Waals surface area contributed by atoms with Crippen LogP contribution in [0.5, 0.6) is 0 Å². The van der Waals surface area contributed by atoms with Gasteiger partial charge in [-0.3, -0.25) is 4.79 Å². The third-order valence-electron chi connectivity index (χ3n) is 2.36. The predicted octanol–water partition coefficient (Wildman–Crippen LogP) is 0.822. The summed E-state index contributed by atoms with van der Waals surface area (Å²) in [5, 5.41) is 4.89. The van der Waals surface area contributed by atoms with Crippen molar-refractivity contribution in [2.24, 2.45) is 0 Å². The molecule has 1 aromatic rings. The van der Waals surface area contributed by atoms with Crippen molar-refractivity contribution < 1.29 is 14.3 Å². The standard InChI is InChI=1S/C11H15NO3S/c13-11(10-8-14-5-6-15-10)12-4-3-9-2-1-7-16-9/h1-2,7,10H,3-6,8H2,(H,12,13). The van der Waals surface area contributed by atoms with Crippen molar-refractivity contribution in [1.29, 1.82) is 0 Å². The van der Waals surface area contributed by atoms with Crippen LogP contribution in [0.25, 0.3) is 0 Å². The third-order valence-corrected chi connectivity index (χ3v) is 3.30. The zero-order valence-corrected chi connectivity index (χ0v) is 9.79. The molecule has 2 rings (SSSR count). The molecule has 2 heterocycles. The largest absolute Gasteiger partial charge is 0.376 e. The second-order valence-electron chi connectivity index (χ2n) is 3.55. The van der Waals surface area contributed by atoms with Gasteiger partial charge in [-0.2, -0.15) is 0 Å². The highest BCUT2D eigenvalue weighted by atomic mass is 32.1. The Balaban J connectivity index is 1.67. The third kappa shape index (κ3) is 3.30. The van der Waals surface area contributed by atoms with Gasteiger partial charge in [-0.1, -0.05) is 6.07 Å². The average Bonchev–Trinajstić information content (AvgIpc) is 2.83. The fourth-order valence-corrected chi connectivity index (χ4v) is 2.23. The Labute approximate surface area is 98.6 Å². The summed E-state index contributed by atoms with van der Waals surface area (Å²) >= 11 is 1.70. The summed E-state index contributed by atoms with van der Waals surface area (Å²) in [4.78, 5) is 12.9. The first-order chi connectivity index (χ1) is 7.86. The molecule has 1 fully saturated rings. The average molecular weight is 241 g/mol. The van der Waals surface area contributed by atoms with Gasteiger partial charge in [0.1, 0.15) is 0 Å². The van der Waals surface area contributed by atoms with E-state index in [-0.39, 0.29) is 5.91 Å². The van der Waals surface area contributed by atoms with Gasteiger partial charge in [-0.15, -0.1) is 11.3 Å². The molecule has 1 atom stereocenters. The van der Waals surface area contributed by atoms with E-state index in [0.717, 1.165) is 6.42 Å². The molecule has 0 aromatic carbocycles. The summed E-state index contributed by atoms with van der Waals surface area (Å²) in [6.07, 6.45) is 0.439. The van der Waals surface area contributed by atoms with Crippen LogP contribution in [0.3, 0.4) is 0 Å². The number of hydrogen-bond donors (Lipinski definition) is 1. The highest BCUT2D eigenvalue weighted by Crippen LogP contribution is 2.08. The SMILES string of the molecule is O=C(NCCc1cccs1)C1COCCO1. The molecule has 88 valence electrons. The van der Waals surface area contributed by atoms with Gasteiger partial charge in [0.15, 0.2) is 6.10 Å². The summed E-state index contributed by atoms with van der Waals surface area (Å²) in [6.45, 7) is 2.10. The number of thiophene rings is 1. The molecular formula is C11H15NO3S. The Morgan fingerprint density at radius 2 is 2.50 bits per heavy atom. The van der Waals surface area contributed by atoms with E-state index in [1.165, 1.54) is 4.88 Å². The van der Waals surface area contributed by atoms with E-state index >= 15 is 0 Å². The minimum absolute atomic E-state index is 0.0729. The van der Waals surface area contributed by atoms with Crippen molar-refractivity contribution in [2.75, 3.05) is 26.4 Å². The second kappa shape index (κ2) is 5.98. The predicted molar refractivity (Wildman–Crippen MR) is 61.6 cm³/mol. The van der Waals surface area contributed by atoms with E-state index in [9.17, 15) is 4.79 Å². The monoisotopic (exact) mass is 241 g/mol. The minimum atomic E-state index is -0.433. The molecule has 1 aromatic heterocycles. The lowest BCUT2D eigenvalue weighted by Crippen LogP contribution is -2.43. The van der Waals surface area contributed by atoms with Gasteiger partial charge >= 0.3 is 0 Å². The minimum Gasteiger partial charge on any atom is -0.376 e. The topological polar surface area (TPSA) is 47.6 Å². The van der Waals surface area contributed by atoms with Crippen molar-refractivity contribution in [3.05, 3.63) is 22.4 Å². The number of rotatable bonds is 4. The molecular weight excluding hydrogens is 226 g/mol. The zero-order chi connectivity index (χ0) is 11.2. The molecule has 0 saturated carbocycles. The number of amides is 1. The first-order valence-corrected chi connectivity index (χ1v) is 6.23. The van der Waals surface area contributed by atoms with E-state index in [2.05, 4.69) is 11.4 Å². The summed E-state index contributed by atoms with van der Waals surface area (Å²) in [5.74, 6) is -0.0729. The van der Waals surface area contributed by atoms with Crippen molar-refractivity contribution >= 4 is 17.2 Å². The summed E-state index contributed by atoms with van der Waals surface area (Å²) in [5.41, 5.74) is 0. The Morgan fingerprint density at radius 3 is 3.19 bits per heavy atom. The lowest BCUT2D eigenvalue weighted by atomic mass is 10.3. The van der Waals surface area contributed by atoms with Crippen molar-refractivity contribution in [1.82, 2.24) is 5.32 Å². The van der Waals surface area contributed by atoms with Crippen LogP contribution in [0.15, 0.2) is 17.5 Å². The van der Waals surface area contributed by atoms with Crippen LogP contribution in [-0.4, -0.2) is 38.4 Å². The van der Waals surface area contributed by atoms with Crippen LogP contribution in [0.4, 0.5) is 0 Å². The number of nitrogens with one attached hydrogen (secondary N) is 1. The molecule has 0 aliphatic carbocycles. The lowest BCUT2D eigenvalue weighted by Gasteiger charge is -2.21. The van der Waals surface area contributed by atoms with Crippen LogP contribution in [-0.2, 0) is 20.7 Å². The summed E-state index contributed by atoms with van der Waals surface area (Å²) < 4.78 is 10.5. The Morgan fingerprint density at radius 1 is 1.56 bits per heavy atom. The highest BCUT2D eigenvalue weighted by Gasteiger charge is 2.21. The molecule has 0 bridgehead atoms. The van der Waals surface area contributed by atoms with E-state index < -0.39 is 6.10 Å². The van der Waals surface area contributed by atoms with Crippen LogP contribution in [0.2, 0.25) is 0 Å². The number of carbonyl (C=O) groups is 1. The van der Waals surface area contributed by atoms with Crippen LogP contribution >= 0.6 is 11.3 Å². The smallest absolute Gasteiger partial charge is 0.251 e. The van der Waals surface area contributed by atoms with Gasteiger partial charge in [-0.05, 0) is 17.9 Å². The summed E-state index contributed by atoms with van der Waals surface area (Å²) in [7, 11) is 0. The molecule has 1 aliphatic heterocycles. The van der Waals surface area contributed by atoms with Gasteiger partial charge in [-0.25, -0.2) is 0 Å². The number of hydrogen-bond acceptors (Lipinski definition) is 4. The van der Waals surface area contributed by atoms with Crippen molar-refractivity contribution in [2.45, 2.75) is 12.5 Å². The van der Waals surface area contributed by atoms with Crippen molar-refractivity contribution in [3.8, 4) is 0 Å². The van der Waals surface area contributed by atoms with Crippen molar-refractivity contribution in [3.63, 3.8) is 0 Å². The Bertz CT molecular complexity index is 320. The van der Waals surface area contributed by atoms with Gasteiger partial charge in [0.2, 0.25) is 0 Å². The molecule has 0 radical (unpaired) electrons. The molecule has 5 heteroatoms. The number of carbonyl (C=O) groups excluding carboxylic acids is 1. The van der Waals surface area contributed by atoms with Gasteiger partial charge < -0.3 is 14.8 Å². The van der Waals surface area contributed by atoms with Crippen LogP contribution in [0, 0.1) is 0 Å². The van der Waals surface area contributed by atoms with Gasteiger partial charge in [0, 0.05) is 11.4 Å². The van der Waals surface area contributed by atoms with Gasteiger partial charge in [0.05, 0.1) is 19.8 Å². The molecule has 1 saturated heterocycles. The van der Waals surface area contributed by atoms with Crippen LogP contribution in [0.1, 0.15) is 4.88 Å². The molecule has 0 spiro atoms. The zero-order valence-electron chi connectivity index (χ0n) is 8.98. The summed E-state index contributed by atoms with van der Waals surface area (Å²) in [6, 6.07) is 4.08. The molecule has 1 unspecified atom stereocenters. The number of ether oxygens (including phenoxy) is 2. The Hall–Kier alpha value is -0.910. The maximum atomic E-state index is 11.6. The molecule has 1 N–H and O–H groups in total. The quantitative estimate of drug-likeness (QED) is 0.849. The fraction of sp³-hybridized carbons (Fsp3) is 0.545. The molecule has 16 heavy (non-hydrogen) atoms. The van der Waals surface area contributed by atoms with E-state index in [1.54, 1.807) is 11.3 Å². The highest BCUT2D eigenvalue weighted by molar-refractivity contribution is 7.09.